The Balaban J connectivity index is 1.58. The number of carbonyl (C=O) groups is 1. The number of likely N-dealkylation sites (N-methyl/N-ethyl adjacent to an activating group) is 1. The van der Waals surface area contributed by atoms with Gasteiger partial charge in [-0.2, -0.15) is 0 Å². The molecular weight excluding hydrogens is 262 g/mol. The van der Waals surface area contributed by atoms with Crippen LogP contribution in [0.3, 0.4) is 0 Å². The minimum Gasteiger partial charge on any atom is -0.353 e. The van der Waals surface area contributed by atoms with Crippen molar-refractivity contribution >= 4 is 12.0 Å². The first-order chi connectivity index (χ1) is 10.2. The quantitative estimate of drug-likeness (QED) is 0.635. The topological polar surface area (TPSA) is 35.6 Å². The average Bonchev–Trinajstić information content (AvgIpc) is 2.52. The van der Waals surface area contributed by atoms with Gasteiger partial charge in [-0.15, -0.1) is 0 Å². The van der Waals surface area contributed by atoms with Gasteiger partial charge in [0.15, 0.2) is 0 Å². The Kier molecular flexibility index (Phi) is 6.44. The van der Waals surface area contributed by atoms with Gasteiger partial charge >= 0.3 is 0 Å². The monoisotopic (exact) mass is 287 g/mol. The van der Waals surface area contributed by atoms with E-state index in [-0.39, 0.29) is 5.91 Å². The lowest BCUT2D eigenvalue weighted by Gasteiger charge is -2.32. The maximum atomic E-state index is 11.7. The number of hydrogen-bond donors (Lipinski definition) is 1. The normalized spacial score (nSPS) is 17.2. The van der Waals surface area contributed by atoms with E-state index in [1.54, 1.807) is 6.08 Å². The summed E-state index contributed by atoms with van der Waals surface area (Å²) < 4.78 is 0. The number of benzene rings is 1. The molecule has 1 heterocycles. The van der Waals surface area contributed by atoms with Gasteiger partial charge in [-0.25, -0.2) is 0 Å². The van der Waals surface area contributed by atoms with Crippen molar-refractivity contribution in [1.29, 1.82) is 0 Å². The summed E-state index contributed by atoms with van der Waals surface area (Å²) in [6, 6.07) is 9.87. The second-order valence-electron chi connectivity index (χ2n) is 5.53. The molecule has 4 nitrogen and oxygen atoms in total. The fourth-order valence-electron chi connectivity index (χ4n) is 2.38. The van der Waals surface area contributed by atoms with Crippen molar-refractivity contribution in [3.63, 3.8) is 0 Å². The lowest BCUT2D eigenvalue weighted by molar-refractivity contribution is -0.116. The van der Waals surface area contributed by atoms with Crippen LogP contribution >= 0.6 is 0 Å². The Labute approximate surface area is 127 Å². The SMILES string of the molecule is CN1CCN(CCCNC(=O)/C=C/c2ccccc2)CC1. The minimum atomic E-state index is -0.0165. The van der Waals surface area contributed by atoms with E-state index in [9.17, 15) is 4.79 Å². The Morgan fingerprint density at radius 3 is 2.62 bits per heavy atom. The van der Waals surface area contributed by atoms with Crippen LogP contribution in [0.4, 0.5) is 0 Å². The van der Waals surface area contributed by atoms with Crippen molar-refractivity contribution in [3.05, 3.63) is 42.0 Å². The zero-order valence-corrected chi connectivity index (χ0v) is 12.8. The summed E-state index contributed by atoms with van der Waals surface area (Å²) in [6.07, 6.45) is 4.45. The number of amides is 1. The highest BCUT2D eigenvalue weighted by atomic mass is 16.1. The Morgan fingerprint density at radius 1 is 1.19 bits per heavy atom. The third-order valence-electron chi connectivity index (χ3n) is 3.77. The molecule has 2 rings (SSSR count). The van der Waals surface area contributed by atoms with Crippen LogP contribution < -0.4 is 5.32 Å². The standard InChI is InChI=1S/C17H25N3O/c1-19-12-14-20(15-13-19)11-5-10-18-17(21)9-8-16-6-3-2-4-7-16/h2-4,6-9H,5,10-15H2,1H3,(H,18,21)/b9-8+. The van der Waals surface area contributed by atoms with Crippen LogP contribution in [0.2, 0.25) is 0 Å². The number of carbonyl (C=O) groups excluding carboxylic acids is 1. The fraction of sp³-hybridized carbons (Fsp3) is 0.471. The van der Waals surface area contributed by atoms with Crippen molar-refractivity contribution in [2.24, 2.45) is 0 Å². The first-order valence-corrected chi connectivity index (χ1v) is 7.66. The van der Waals surface area contributed by atoms with E-state index in [0.717, 1.165) is 51.3 Å². The summed E-state index contributed by atoms with van der Waals surface area (Å²) in [5, 5.41) is 2.94. The average molecular weight is 287 g/mol. The number of nitrogens with zero attached hydrogens (tertiary/aromatic N) is 2. The van der Waals surface area contributed by atoms with E-state index in [2.05, 4.69) is 22.2 Å². The van der Waals surface area contributed by atoms with E-state index in [1.807, 2.05) is 36.4 Å². The molecule has 1 saturated heterocycles. The molecule has 1 aromatic carbocycles. The van der Waals surface area contributed by atoms with Crippen LogP contribution in [0.25, 0.3) is 6.08 Å². The van der Waals surface area contributed by atoms with Gasteiger partial charge in [-0.1, -0.05) is 30.3 Å². The van der Waals surface area contributed by atoms with Crippen LogP contribution in [-0.4, -0.2) is 62.0 Å². The molecule has 0 unspecified atom stereocenters. The molecule has 114 valence electrons. The molecule has 0 bridgehead atoms. The predicted molar refractivity (Wildman–Crippen MR) is 87.0 cm³/mol. The van der Waals surface area contributed by atoms with Crippen molar-refractivity contribution in [2.45, 2.75) is 6.42 Å². The number of piperazine rings is 1. The van der Waals surface area contributed by atoms with Crippen molar-refractivity contribution in [3.8, 4) is 0 Å². The maximum Gasteiger partial charge on any atom is 0.243 e. The summed E-state index contributed by atoms with van der Waals surface area (Å²) >= 11 is 0. The van der Waals surface area contributed by atoms with Crippen molar-refractivity contribution in [1.82, 2.24) is 15.1 Å². The van der Waals surface area contributed by atoms with Crippen LogP contribution in [0.5, 0.6) is 0 Å². The van der Waals surface area contributed by atoms with E-state index in [0.29, 0.717) is 0 Å². The lowest BCUT2D eigenvalue weighted by Crippen LogP contribution is -2.45. The second kappa shape index (κ2) is 8.60. The maximum absolute atomic E-state index is 11.7. The zero-order chi connectivity index (χ0) is 14.9. The third kappa shape index (κ3) is 6.10. The van der Waals surface area contributed by atoms with Crippen molar-refractivity contribution in [2.75, 3.05) is 46.3 Å². The molecule has 0 radical (unpaired) electrons. The van der Waals surface area contributed by atoms with Gasteiger partial charge in [-0.3, -0.25) is 4.79 Å². The lowest BCUT2D eigenvalue weighted by atomic mass is 10.2. The molecule has 1 N–H and O–H groups in total. The van der Waals surface area contributed by atoms with E-state index < -0.39 is 0 Å². The Bertz CT molecular complexity index is 450. The summed E-state index contributed by atoms with van der Waals surface area (Å²) in [6.45, 7) is 6.37. The smallest absolute Gasteiger partial charge is 0.243 e. The van der Waals surface area contributed by atoms with Crippen LogP contribution in [-0.2, 0) is 4.79 Å². The molecule has 0 saturated carbocycles. The minimum absolute atomic E-state index is 0.0165. The van der Waals surface area contributed by atoms with Crippen LogP contribution in [0.1, 0.15) is 12.0 Å². The molecule has 1 amide bonds. The zero-order valence-electron chi connectivity index (χ0n) is 12.8. The first kappa shape index (κ1) is 15.7. The largest absolute Gasteiger partial charge is 0.353 e. The summed E-state index contributed by atoms with van der Waals surface area (Å²) in [7, 11) is 2.16. The fourth-order valence-corrected chi connectivity index (χ4v) is 2.38. The Hall–Kier alpha value is -1.65. The molecule has 4 heteroatoms. The van der Waals surface area contributed by atoms with E-state index >= 15 is 0 Å². The molecule has 1 aliphatic heterocycles. The summed E-state index contributed by atoms with van der Waals surface area (Å²) in [4.78, 5) is 16.5. The van der Waals surface area contributed by atoms with Gasteiger partial charge in [-0.05, 0) is 31.7 Å². The summed E-state index contributed by atoms with van der Waals surface area (Å²) in [5.74, 6) is -0.0165. The van der Waals surface area contributed by atoms with Crippen molar-refractivity contribution < 1.29 is 4.79 Å². The first-order valence-electron chi connectivity index (χ1n) is 7.66. The molecule has 0 aromatic heterocycles. The second-order valence-corrected chi connectivity index (χ2v) is 5.53. The molecule has 1 fully saturated rings. The van der Waals surface area contributed by atoms with E-state index in [4.69, 9.17) is 0 Å². The van der Waals surface area contributed by atoms with Gasteiger partial charge in [0, 0.05) is 38.8 Å². The molecule has 0 atom stereocenters. The van der Waals surface area contributed by atoms with Crippen LogP contribution in [0.15, 0.2) is 36.4 Å². The van der Waals surface area contributed by atoms with Gasteiger partial charge in [0.25, 0.3) is 0 Å². The Morgan fingerprint density at radius 2 is 1.90 bits per heavy atom. The number of hydrogen-bond acceptors (Lipinski definition) is 3. The van der Waals surface area contributed by atoms with E-state index in [1.165, 1.54) is 0 Å². The van der Waals surface area contributed by atoms with Gasteiger partial charge < -0.3 is 15.1 Å². The van der Waals surface area contributed by atoms with Gasteiger partial charge in [0.05, 0.1) is 0 Å². The molecule has 21 heavy (non-hydrogen) atoms. The molecular formula is C17H25N3O. The molecule has 1 aliphatic rings. The van der Waals surface area contributed by atoms with Gasteiger partial charge in [0.1, 0.15) is 0 Å². The third-order valence-corrected chi connectivity index (χ3v) is 3.77. The summed E-state index contributed by atoms with van der Waals surface area (Å²) in [5.41, 5.74) is 1.05. The number of nitrogens with one attached hydrogen (secondary N) is 1. The number of rotatable bonds is 6. The molecule has 1 aromatic rings. The van der Waals surface area contributed by atoms with Crippen LogP contribution in [0, 0.1) is 0 Å². The highest BCUT2D eigenvalue weighted by Gasteiger charge is 2.12. The predicted octanol–water partition coefficient (Wildman–Crippen LogP) is 1.45. The highest BCUT2D eigenvalue weighted by Crippen LogP contribution is 2.01. The van der Waals surface area contributed by atoms with Gasteiger partial charge in [0.2, 0.25) is 5.91 Å². The molecule has 0 spiro atoms. The molecule has 0 aliphatic carbocycles. The highest BCUT2D eigenvalue weighted by molar-refractivity contribution is 5.91.